The van der Waals surface area contributed by atoms with E-state index in [9.17, 15) is 12.8 Å². The van der Waals surface area contributed by atoms with E-state index in [1.165, 1.54) is 18.6 Å². The highest BCUT2D eigenvalue weighted by Gasteiger charge is 2.19. The molecule has 5 nitrogen and oxygen atoms in total. The first-order valence-electron chi connectivity index (χ1n) is 8.57. The molecule has 0 aliphatic carbocycles. The first kappa shape index (κ1) is 16.9. The maximum absolute atomic E-state index is 13.1. The number of nitrogens with one attached hydrogen (secondary N) is 1. The molecule has 2 aromatic carbocycles. The van der Waals surface area contributed by atoms with Crippen LogP contribution in [0.2, 0.25) is 0 Å². The van der Waals surface area contributed by atoms with Crippen LogP contribution in [0.15, 0.2) is 58.0 Å². The Hall–Kier alpha value is -2.54. The van der Waals surface area contributed by atoms with Gasteiger partial charge in [0.2, 0.25) is 0 Å². The van der Waals surface area contributed by atoms with Crippen LogP contribution in [-0.4, -0.2) is 21.5 Å². The molecular weight excluding hydrogens is 355 g/mol. The molecule has 1 aliphatic rings. The largest absolute Gasteiger partial charge is 0.462 e. The number of furan rings is 1. The second kappa shape index (κ2) is 6.64. The SMILES string of the molecule is O=S(=O)(Nc1cc(N2CCCCC2)c2occc2c1)c1ccc(F)cc1. The molecule has 1 aliphatic heterocycles. The van der Waals surface area contributed by atoms with Crippen LogP contribution in [0.4, 0.5) is 15.8 Å². The molecule has 0 spiro atoms. The third kappa shape index (κ3) is 3.26. The van der Waals surface area contributed by atoms with Crippen LogP contribution in [0.5, 0.6) is 0 Å². The van der Waals surface area contributed by atoms with Gasteiger partial charge in [0, 0.05) is 18.5 Å². The molecule has 0 unspecified atom stereocenters. The van der Waals surface area contributed by atoms with E-state index in [-0.39, 0.29) is 4.90 Å². The van der Waals surface area contributed by atoms with Gasteiger partial charge in [0.25, 0.3) is 10.0 Å². The second-order valence-corrected chi connectivity index (χ2v) is 8.12. The molecule has 0 saturated carbocycles. The predicted molar refractivity (Wildman–Crippen MR) is 99.5 cm³/mol. The molecule has 4 rings (SSSR count). The van der Waals surface area contributed by atoms with Gasteiger partial charge in [-0.3, -0.25) is 4.72 Å². The summed E-state index contributed by atoms with van der Waals surface area (Å²) < 4.78 is 46.5. The fourth-order valence-electron chi connectivity index (χ4n) is 3.32. The van der Waals surface area contributed by atoms with Gasteiger partial charge in [-0.05, 0) is 61.7 Å². The molecule has 0 amide bonds. The number of nitrogens with zero attached hydrogens (tertiary/aromatic N) is 1. The lowest BCUT2D eigenvalue weighted by molar-refractivity contribution is 0.569. The van der Waals surface area contributed by atoms with Crippen LogP contribution >= 0.6 is 0 Å². The number of hydrogen-bond donors (Lipinski definition) is 1. The van der Waals surface area contributed by atoms with Gasteiger partial charge in [0.15, 0.2) is 5.58 Å². The molecule has 26 heavy (non-hydrogen) atoms. The van der Waals surface area contributed by atoms with Crippen LogP contribution in [0.3, 0.4) is 0 Å². The molecule has 1 fully saturated rings. The minimum Gasteiger partial charge on any atom is -0.462 e. The van der Waals surface area contributed by atoms with E-state index >= 15 is 0 Å². The van der Waals surface area contributed by atoms with E-state index in [1.807, 2.05) is 6.07 Å². The summed E-state index contributed by atoms with van der Waals surface area (Å²) in [4.78, 5) is 2.25. The maximum Gasteiger partial charge on any atom is 0.261 e. The van der Waals surface area contributed by atoms with Crippen molar-refractivity contribution in [1.82, 2.24) is 0 Å². The summed E-state index contributed by atoms with van der Waals surface area (Å²) in [5, 5.41) is 0.838. The standard InChI is InChI=1S/C19H19FN2O3S/c20-15-4-6-17(7-5-15)26(23,24)21-16-12-14-8-11-25-19(14)18(13-16)22-9-2-1-3-10-22/h4-8,11-13,21H,1-3,9-10H2. The Kier molecular flexibility index (Phi) is 4.32. The number of benzene rings is 2. The normalized spacial score (nSPS) is 15.3. The summed E-state index contributed by atoms with van der Waals surface area (Å²) in [7, 11) is -3.80. The molecule has 1 aromatic heterocycles. The van der Waals surface area contributed by atoms with Gasteiger partial charge >= 0.3 is 0 Å². The summed E-state index contributed by atoms with van der Waals surface area (Å²) >= 11 is 0. The van der Waals surface area contributed by atoms with Gasteiger partial charge in [-0.2, -0.15) is 0 Å². The molecular formula is C19H19FN2O3S. The van der Waals surface area contributed by atoms with Gasteiger partial charge in [-0.1, -0.05) is 0 Å². The van der Waals surface area contributed by atoms with E-state index in [0.29, 0.717) is 5.69 Å². The Balaban J connectivity index is 1.71. The Labute approximate surface area is 151 Å². The highest BCUT2D eigenvalue weighted by Crippen LogP contribution is 2.34. The molecule has 0 bridgehead atoms. The fraction of sp³-hybridized carbons (Fsp3) is 0.263. The number of sulfonamides is 1. The Morgan fingerprint density at radius 2 is 1.73 bits per heavy atom. The lowest BCUT2D eigenvalue weighted by Crippen LogP contribution is -2.29. The molecule has 0 radical (unpaired) electrons. The van der Waals surface area contributed by atoms with Crippen LogP contribution < -0.4 is 9.62 Å². The highest BCUT2D eigenvalue weighted by atomic mass is 32.2. The van der Waals surface area contributed by atoms with Gasteiger partial charge in [-0.15, -0.1) is 0 Å². The first-order chi connectivity index (χ1) is 12.5. The van der Waals surface area contributed by atoms with E-state index in [0.717, 1.165) is 54.7 Å². The zero-order chi connectivity index (χ0) is 18.1. The van der Waals surface area contributed by atoms with Crippen molar-refractivity contribution in [3.8, 4) is 0 Å². The zero-order valence-electron chi connectivity index (χ0n) is 14.1. The fourth-order valence-corrected chi connectivity index (χ4v) is 4.36. The lowest BCUT2D eigenvalue weighted by Gasteiger charge is -2.29. The number of anilines is 2. The monoisotopic (exact) mass is 374 g/mol. The third-order valence-corrected chi connectivity index (χ3v) is 6.00. The minimum atomic E-state index is -3.80. The topological polar surface area (TPSA) is 62.6 Å². The molecule has 2 heterocycles. The van der Waals surface area contributed by atoms with Crippen molar-refractivity contribution in [3.63, 3.8) is 0 Å². The van der Waals surface area contributed by atoms with E-state index in [2.05, 4.69) is 9.62 Å². The molecule has 0 atom stereocenters. The zero-order valence-corrected chi connectivity index (χ0v) is 14.9. The van der Waals surface area contributed by atoms with Crippen LogP contribution in [0.25, 0.3) is 11.0 Å². The van der Waals surface area contributed by atoms with Crippen LogP contribution in [0, 0.1) is 5.82 Å². The van der Waals surface area contributed by atoms with Crippen molar-refractivity contribution < 1.29 is 17.2 Å². The molecule has 7 heteroatoms. The molecule has 3 aromatic rings. The Bertz CT molecular complexity index is 1020. The van der Waals surface area contributed by atoms with Crippen molar-refractivity contribution in [2.75, 3.05) is 22.7 Å². The van der Waals surface area contributed by atoms with Crippen LogP contribution in [-0.2, 0) is 10.0 Å². The number of rotatable bonds is 4. The number of fused-ring (bicyclic) bond motifs is 1. The smallest absolute Gasteiger partial charge is 0.261 e. The van der Waals surface area contributed by atoms with Gasteiger partial charge in [-0.25, -0.2) is 12.8 Å². The Morgan fingerprint density at radius 3 is 2.46 bits per heavy atom. The predicted octanol–water partition coefficient (Wildman–Crippen LogP) is 4.36. The summed E-state index contributed by atoms with van der Waals surface area (Å²) in [6, 6.07) is 10.1. The summed E-state index contributed by atoms with van der Waals surface area (Å²) in [6.07, 6.45) is 5.02. The van der Waals surface area contributed by atoms with Gasteiger partial charge in [0.1, 0.15) is 5.82 Å². The van der Waals surface area contributed by atoms with E-state index in [1.54, 1.807) is 18.4 Å². The van der Waals surface area contributed by atoms with Crippen molar-refractivity contribution in [3.05, 3.63) is 54.5 Å². The quantitative estimate of drug-likeness (QED) is 0.737. The van der Waals surface area contributed by atoms with Crippen molar-refractivity contribution in [2.24, 2.45) is 0 Å². The summed E-state index contributed by atoms with van der Waals surface area (Å²) in [5.41, 5.74) is 2.12. The lowest BCUT2D eigenvalue weighted by atomic mass is 10.1. The maximum atomic E-state index is 13.1. The highest BCUT2D eigenvalue weighted by molar-refractivity contribution is 7.92. The average molecular weight is 374 g/mol. The Morgan fingerprint density at radius 1 is 1.00 bits per heavy atom. The number of halogens is 1. The van der Waals surface area contributed by atoms with Crippen LogP contribution in [0.1, 0.15) is 19.3 Å². The molecule has 1 saturated heterocycles. The average Bonchev–Trinajstić information content (AvgIpc) is 3.10. The second-order valence-electron chi connectivity index (χ2n) is 6.44. The van der Waals surface area contributed by atoms with Gasteiger partial charge < -0.3 is 9.32 Å². The summed E-state index contributed by atoms with van der Waals surface area (Å²) in [5.74, 6) is -0.476. The van der Waals surface area contributed by atoms with Crippen molar-refractivity contribution >= 4 is 32.4 Å². The molecule has 136 valence electrons. The first-order valence-corrected chi connectivity index (χ1v) is 10.1. The van der Waals surface area contributed by atoms with E-state index < -0.39 is 15.8 Å². The minimum absolute atomic E-state index is 0.0192. The number of hydrogen-bond acceptors (Lipinski definition) is 4. The molecule has 1 N–H and O–H groups in total. The van der Waals surface area contributed by atoms with Gasteiger partial charge in [0.05, 0.1) is 22.5 Å². The van der Waals surface area contributed by atoms with Crippen molar-refractivity contribution in [1.29, 1.82) is 0 Å². The van der Waals surface area contributed by atoms with Crippen molar-refractivity contribution in [2.45, 2.75) is 24.2 Å². The number of piperidine rings is 1. The summed E-state index contributed by atoms with van der Waals surface area (Å²) in [6.45, 7) is 1.84. The third-order valence-electron chi connectivity index (χ3n) is 4.60. The van der Waals surface area contributed by atoms with E-state index in [4.69, 9.17) is 4.42 Å².